The molecule has 1 aromatic carbocycles. The molecule has 3 heterocycles. The number of piperidine rings is 1. The van der Waals surface area contributed by atoms with Gasteiger partial charge >= 0.3 is 12.2 Å². The van der Waals surface area contributed by atoms with Crippen LogP contribution >= 0.6 is 0 Å². The van der Waals surface area contributed by atoms with Gasteiger partial charge in [-0.15, -0.1) is 0 Å². The minimum Gasteiger partial charge on any atom is -0.377 e. The van der Waals surface area contributed by atoms with Crippen LogP contribution < -0.4 is 10.8 Å². The number of morpholine rings is 1. The smallest absolute Gasteiger partial charge is 0.377 e. The summed E-state index contributed by atoms with van der Waals surface area (Å²) in [5.74, 6) is -0.418. The minimum atomic E-state index is -4.61. The van der Waals surface area contributed by atoms with Crippen LogP contribution in [0.25, 0.3) is 0 Å². The van der Waals surface area contributed by atoms with Crippen LogP contribution in [0.15, 0.2) is 29.3 Å². The van der Waals surface area contributed by atoms with Gasteiger partial charge in [-0.1, -0.05) is 12.1 Å². The lowest BCUT2D eigenvalue weighted by atomic mass is 10.1. The van der Waals surface area contributed by atoms with E-state index in [4.69, 9.17) is 4.74 Å². The van der Waals surface area contributed by atoms with E-state index in [1.54, 1.807) is 4.90 Å². The van der Waals surface area contributed by atoms with Crippen molar-refractivity contribution in [3.8, 4) is 0 Å². The van der Waals surface area contributed by atoms with Crippen molar-refractivity contribution in [3.63, 3.8) is 0 Å². The summed E-state index contributed by atoms with van der Waals surface area (Å²) in [4.78, 5) is 37.0. The number of carbonyl (C=O) groups is 2. The molecule has 2 N–H and O–H groups in total. The van der Waals surface area contributed by atoms with E-state index in [9.17, 15) is 22.8 Å². The van der Waals surface area contributed by atoms with E-state index in [2.05, 4.69) is 20.6 Å². The van der Waals surface area contributed by atoms with Crippen LogP contribution in [0.3, 0.4) is 0 Å². The predicted molar refractivity (Wildman–Crippen MR) is 112 cm³/mol. The molecule has 3 amide bonds. The number of aliphatic imine (C=N–C) groups is 1. The normalized spacial score (nSPS) is 23.7. The van der Waals surface area contributed by atoms with Gasteiger partial charge in [0.15, 0.2) is 5.84 Å². The van der Waals surface area contributed by atoms with Gasteiger partial charge in [0.05, 0.1) is 19.3 Å². The number of hydrogen-bond donors (Lipinski definition) is 2. The first kappa shape index (κ1) is 23.3. The number of hydrogen-bond acceptors (Lipinski definition) is 6. The maximum Gasteiger partial charge on any atom is 0.437 e. The van der Waals surface area contributed by atoms with Crippen molar-refractivity contribution in [2.45, 2.75) is 37.7 Å². The van der Waals surface area contributed by atoms with Gasteiger partial charge in [-0.2, -0.15) is 13.2 Å². The molecule has 0 aromatic heterocycles. The van der Waals surface area contributed by atoms with Crippen molar-refractivity contribution in [2.75, 3.05) is 39.4 Å². The van der Waals surface area contributed by atoms with E-state index in [1.165, 1.54) is 24.3 Å². The predicted octanol–water partition coefficient (Wildman–Crippen LogP) is 1.89. The van der Waals surface area contributed by atoms with Crippen molar-refractivity contribution in [3.05, 3.63) is 35.4 Å². The lowest BCUT2D eigenvalue weighted by Crippen LogP contribution is -2.57. The lowest BCUT2D eigenvalue weighted by molar-refractivity contribution is -0.220. The van der Waals surface area contributed by atoms with E-state index in [0.717, 1.165) is 32.4 Å². The molecule has 0 aliphatic carbocycles. The fraction of sp³-hybridized carbons (Fsp3) is 0.571. The second kappa shape index (κ2) is 9.96. The molecule has 0 saturated carbocycles. The van der Waals surface area contributed by atoms with Crippen LogP contribution in [-0.2, 0) is 9.57 Å². The number of nitrogens with one attached hydrogen (secondary N) is 2. The Hall–Kier alpha value is -2.86. The molecule has 2 saturated heterocycles. The van der Waals surface area contributed by atoms with Gasteiger partial charge in [-0.05, 0) is 31.4 Å². The molecule has 180 valence electrons. The number of urea groups is 1. The van der Waals surface area contributed by atoms with Crippen LogP contribution in [0.2, 0.25) is 0 Å². The Labute approximate surface area is 188 Å². The van der Waals surface area contributed by atoms with Crippen molar-refractivity contribution >= 4 is 17.8 Å². The molecule has 3 aliphatic rings. The maximum absolute atomic E-state index is 12.9. The summed E-state index contributed by atoms with van der Waals surface area (Å²) in [5.41, 5.74) is 2.85. The number of hydroxylamine groups is 1. The number of amides is 3. The Morgan fingerprint density at radius 2 is 1.85 bits per heavy atom. The minimum absolute atomic E-state index is 0.0224. The van der Waals surface area contributed by atoms with Gasteiger partial charge in [0.2, 0.25) is 0 Å². The summed E-state index contributed by atoms with van der Waals surface area (Å²) < 4.78 is 43.6. The second-order valence-electron chi connectivity index (χ2n) is 8.13. The second-order valence-corrected chi connectivity index (χ2v) is 8.13. The van der Waals surface area contributed by atoms with E-state index >= 15 is 0 Å². The number of rotatable bonds is 4. The van der Waals surface area contributed by atoms with Crippen LogP contribution in [0.1, 0.15) is 35.2 Å². The molecule has 4 rings (SSSR count). The fourth-order valence-electron chi connectivity index (χ4n) is 3.99. The SMILES string of the molecule is O=C(NC[C@H]1COCCN1C(=O)N1CCCCC1)c1ccc(C2=NC(C(F)(F)F)ON2)cc1. The molecule has 9 nitrogen and oxygen atoms in total. The molecular weight excluding hydrogens is 443 g/mol. The molecule has 1 unspecified atom stereocenters. The number of likely N-dealkylation sites (tertiary alicyclic amines) is 1. The summed E-state index contributed by atoms with van der Waals surface area (Å²) in [6.07, 6.45) is -3.74. The highest BCUT2D eigenvalue weighted by molar-refractivity contribution is 6.00. The van der Waals surface area contributed by atoms with E-state index in [-0.39, 0.29) is 30.4 Å². The van der Waals surface area contributed by atoms with Crippen molar-refractivity contribution < 1.29 is 32.3 Å². The maximum atomic E-state index is 12.9. The number of benzene rings is 1. The number of nitrogens with zero attached hydrogens (tertiary/aromatic N) is 3. The zero-order chi connectivity index (χ0) is 23.4. The van der Waals surface area contributed by atoms with Crippen LogP contribution in [-0.4, -0.2) is 85.4 Å². The first-order valence-electron chi connectivity index (χ1n) is 10.9. The first-order valence-corrected chi connectivity index (χ1v) is 10.9. The van der Waals surface area contributed by atoms with Gasteiger partial charge in [0.25, 0.3) is 12.1 Å². The van der Waals surface area contributed by atoms with E-state index < -0.39 is 12.4 Å². The summed E-state index contributed by atoms with van der Waals surface area (Å²) >= 11 is 0. The monoisotopic (exact) mass is 469 g/mol. The Balaban J connectivity index is 1.33. The van der Waals surface area contributed by atoms with Crippen LogP contribution in [0, 0.1) is 0 Å². The highest BCUT2D eigenvalue weighted by atomic mass is 19.4. The highest BCUT2D eigenvalue weighted by Gasteiger charge is 2.44. The van der Waals surface area contributed by atoms with Gasteiger partial charge in [-0.25, -0.2) is 20.1 Å². The van der Waals surface area contributed by atoms with Crippen LogP contribution in [0.5, 0.6) is 0 Å². The van der Waals surface area contributed by atoms with Gasteiger partial charge in [0.1, 0.15) is 0 Å². The van der Waals surface area contributed by atoms with Gasteiger partial charge in [-0.3, -0.25) is 4.79 Å². The zero-order valence-corrected chi connectivity index (χ0v) is 17.9. The molecule has 12 heteroatoms. The molecule has 1 aromatic rings. The lowest BCUT2D eigenvalue weighted by Gasteiger charge is -2.40. The Morgan fingerprint density at radius 1 is 1.12 bits per heavy atom. The highest BCUT2D eigenvalue weighted by Crippen LogP contribution is 2.26. The molecule has 0 spiro atoms. The quantitative estimate of drug-likeness (QED) is 0.703. The number of carbonyl (C=O) groups excluding carboxylic acids is 2. The largest absolute Gasteiger partial charge is 0.437 e. The first-order chi connectivity index (χ1) is 15.8. The molecule has 0 radical (unpaired) electrons. The van der Waals surface area contributed by atoms with Crippen molar-refractivity contribution in [1.82, 2.24) is 20.6 Å². The Kier molecular flexibility index (Phi) is 7.03. The Morgan fingerprint density at radius 3 is 2.52 bits per heavy atom. The third-order valence-corrected chi connectivity index (χ3v) is 5.81. The Bertz CT molecular complexity index is 887. The van der Waals surface area contributed by atoms with Gasteiger partial charge in [0, 0.05) is 37.3 Å². The molecular formula is C21H26F3N5O4. The topological polar surface area (TPSA) is 95.5 Å². The average molecular weight is 469 g/mol. The third-order valence-electron chi connectivity index (χ3n) is 5.81. The average Bonchev–Trinajstić information content (AvgIpc) is 3.34. The number of alkyl halides is 3. The summed E-state index contributed by atoms with van der Waals surface area (Å²) in [7, 11) is 0. The number of ether oxygens (including phenoxy) is 1. The van der Waals surface area contributed by atoms with E-state index in [1.807, 2.05) is 4.90 Å². The summed E-state index contributed by atoms with van der Waals surface area (Å²) in [6.45, 7) is 3.00. The number of amidine groups is 1. The molecule has 2 atom stereocenters. The number of halogens is 3. The molecule has 33 heavy (non-hydrogen) atoms. The molecule has 0 bridgehead atoms. The third kappa shape index (κ3) is 5.56. The van der Waals surface area contributed by atoms with E-state index in [0.29, 0.717) is 30.9 Å². The molecule has 2 fully saturated rings. The van der Waals surface area contributed by atoms with Crippen molar-refractivity contribution in [1.29, 1.82) is 0 Å². The molecule has 3 aliphatic heterocycles. The standard InChI is InChI=1S/C21H26F3N5O4/c22-21(23,24)19-26-17(27-33-19)14-4-6-15(7-5-14)18(30)25-12-16-13-32-11-10-29(16)20(31)28-8-2-1-3-9-28/h4-7,16,19H,1-3,8-13H2,(H,25,30)(H,26,27)/t16-,19?/m0/s1. The van der Waals surface area contributed by atoms with Gasteiger partial charge < -0.3 is 19.9 Å². The van der Waals surface area contributed by atoms with Crippen LogP contribution in [0.4, 0.5) is 18.0 Å². The summed E-state index contributed by atoms with van der Waals surface area (Å²) in [6, 6.07) is 5.65. The van der Waals surface area contributed by atoms with Crippen molar-refractivity contribution in [2.24, 2.45) is 4.99 Å². The fourth-order valence-corrected chi connectivity index (χ4v) is 3.99. The summed E-state index contributed by atoms with van der Waals surface area (Å²) in [5, 5.41) is 2.82. The zero-order valence-electron chi connectivity index (χ0n) is 17.9.